The first-order valence-corrected chi connectivity index (χ1v) is 10.2. The molecule has 0 bridgehead atoms. The van der Waals surface area contributed by atoms with E-state index in [1.807, 2.05) is 29.2 Å². The molecule has 0 saturated carbocycles. The van der Waals surface area contributed by atoms with Crippen LogP contribution in [-0.2, 0) is 11.3 Å². The Bertz CT molecular complexity index is 1130. The van der Waals surface area contributed by atoms with Crippen molar-refractivity contribution in [2.75, 3.05) is 11.9 Å². The number of nitrogens with one attached hydrogen (secondary N) is 1. The van der Waals surface area contributed by atoms with Crippen LogP contribution in [0.2, 0.25) is 0 Å². The largest absolute Gasteiger partial charge is 0.368 e. The fraction of sp³-hybridized carbons (Fsp3) is 0.261. The van der Waals surface area contributed by atoms with Crippen LogP contribution >= 0.6 is 0 Å². The number of carbonyl (C=O) groups is 2. The van der Waals surface area contributed by atoms with E-state index in [-0.39, 0.29) is 23.5 Å². The Morgan fingerprint density at radius 3 is 2.71 bits per heavy atom. The highest BCUT2D eigenvalue weighted by Gasteiger charge is 2.29. The van der Waals surface area contributed by atoms with Gasteiger partial charge >= 0.3 is 0 Å². The number of halogens is 1. The first-order chi connectivity index (χ1) is 15.0. The maximum atomic E-state index is 14.1. The zero-order valence-electron chi connectivity index (χ0n) is 17.2. The molecule has 1 fully saturated rings. The van der Waals surface area contributed by atoms with E-state index in [2.05, 4.69) is 10.4 Å². The van der Waals surface area contributed by atoms with E-state index in [0.29, 0.717) is 23.5 Å². The smallest absolute Gasteiger partial charge is 0.259 e. The summed E-state index contributed by atoms with van der Waals surface area (Å²) in [4.78, 5) is 26.7. The van der Waals surface area contributed by atoms with Crippen LogP contribution in [0.4, 0.5) is 10.1 Å². The highest BCUT2D eigenvalue weighted by Crippen LogP contribution is 2.25. The first-order valence-electron chi connectivity index (χ1n) is 10.2. The molecule has 8 heteroatoms. The van der Waals surface area contributed by atoms with Crippen molar-refractivity contribution >= 4 is 17.5 Å². The summed E-state index contributed by atoms with van der Waals surface area (Å²) in [5.41, 5.74) is 8.25. The van der Waals surface area contributed by atoms with Crippen molar-refractivity contribution < 1.29 is 14.0 Å². The average Bonchev–Trinajstić information content (AvgIpc) is 3.36. The van der Waals surface area contributed by atoms with Crippen molar-refractivity contribution in [3.8, 4) is 5.69 Å². The van der Waals surface area contributed by atoms with E-state index >= 15 is 0 Å². The molecule has 0 radical (unpaired) electrons. The Hall–Kier alpha value is -3.52. The van der Waals surface area contributed by atoms with E-state index in [0.717, 1.165) is 24.9 Å². The SMILES string of the molecule is Cc1c(C(=O)Nc2ccccc2CN2CCCC2C(N)=O)cnn1-c1ccccc1F. The molecule has 1 unspecified atom stereocenters. The maximum Gasteiger partial charge on any atom is 0.259 e. The molecule has 1 atom stereocenters. The van der Waals surface area contributed by atoms with Crippen molar-refractivity contribution in [2.45, 2.75) is 32.4 Å². The van der Waals surface area contributed by atoms with Gasteiger partial charge in [-0.1, -0.05) is 30.3 Å². The van der Waals surface area contributed by atoms with Gasteiger partial charge < -0.3 is 11.1 Å². The van der Waals surface area contributed by atoms with E-state index in [9.17, 15) is 14.0 Å². The van der Waals surface area contributed by atoms with Crippen LogP contribution in [0.5, 0.6) is 0 Å². The Balaban J connectivity index is 1.55. The molecule has 0 aliphatic carbocycles. The van der Waals surface area contributed by atoms with Gasteiger partial charge in [0.05, 0.1) is 23.5 Å². The minimum atomic E-state index is -0.416. The summed E-state index contributed by atoms with van der Waals surface area (Å²) in [6.45, 7) is 3.02. The number of benzene rings is 2. The number of primary amides is 1. The van der Waals surface area contributed by atoms with E-state index in [1.165, 1.54) is 16.9 Å². The highest BCUT2D eigenvalue weighted by atomic mass is 19.1. The zero-order valence-corrected chi connectivity index (χ0v) is 17.2. The van der Waals surface area contributed by atoms with Gasteiger partial charge in [0.2, 0.25) is 5.91 Å². The van der Waals surface area contributed by atoms with Gasteiger partial charge in [-0.05, 0) is 50.1 Å². The molecule has 4 rings (SSSR count). The molecule has 1 saturated heterocycles. The van der Waals surface area contributed by atoms with Gasteiger partial charge in [-0.2, -0.15) is 5.10 Å². The van der Waals surface area contributed by atoms with Gasteiger partial charge in [0.15, 0.2) is 0 Å². The number of likely N-dealkylation sites (tertiary alicyclic amines) is 1. The quantitative estimate of drug-likeness (QED) is 0.640. The number of aromatic nitrogens is 2. The van der Waals surface area contributed by atoms with E-state index < -0.39 is 5.82 Å². The lowest BCUT2D eigenvalue weighted by atomic mass is 10.1. The molecule has 2 heterocycles. The fourth-order valence-electron chi connectivity index (χ4n) is 4.03. The predicted molar refractivity (Wildman–Crippen MR) is 115 cm³/mol. The Kier molecular flexibility index (Phi) is 5.81. The molecule has 1 aliphatic rings. The summed E-state index contributed by atoms with van der Waals surface area (Å²) >= 11 is 0. The van der Waals surface area contributed by atoms with Gasteiger partial charge in [0, 0.05) is 12.2 Å². The molecule has 3 N–H and O–H groups in total. The third-order valence-corrected chi connectivity index (χ3v) is 5.67. The predicted octanol–water partition coefficient (Wildman–Crippen LogP) is 3.02. The molecule has 31 heavy (non-hydrogen) atoms. The van der Waals surface area contributed by atoms with Crippen LogP contribution in [-0.4, -0.2) is 39.1 Å². The number of hydrogen-bond donors (Lipinski definition) is 2. The number of anilines is 1. The van der Waals surface area contributed by atoms with Gasteiger partial charge in [-0.3, -0.25) is 14.5 Å². The van der Waals surface area contributed by atoms with Crippen LogP contribution in [0, 0.1) is 12.7 Å². The maximum absolute atomic E-state index is 14.1. The van der Waals surface area contributed by atoms with Crippen molar-refractivity contribution in [3.05, 3.63) is 77.4 Å². The number of nitrogens with zero attached hydrogens (tertiary/aromatic N) is 3. The van der Waals surface area contributed by atoms with E-state index in [1.54, 1.807) is 25.1 Å². The topological polar surface area (TPSA) is 93.2 Å². The zero-order chi connectivity index (χ0) is 22.0. The van der Waals surface area contributed by atoms with Gasteiger partial charge in [0.25, 0.3) is 5.91 Å². The number of rotatable bonds is 6. The molecule has 2 aromatic carbocycles. The van der Waals surface area contributed by atoms with Crippen molar-refractivity contribution in [3.63, 3.8) is 0 Å². The lowest BCUT2D eigenvalue weighted by molar-refractivity contribution is -0.122. The van der Waals surface area contributed by atoms with Gasteiger partial charge in [-0.15, -0.1) is 0 Å². The Morgan fingerprint density at radius 1 is 1.19 bits per heavy atom. The van der Waals surface area contributed by atoms with Crippen LogP contribution in [0.25, 0.3) is 5.69 Å². The minimum absolute atomic E-state index is 0.283. The number of hydrogen-bond acceptors (Lipinski definition) is 4. The van der Waals surface area contributed by atoms with Crippen LogP contribution in [0.15, 0.2) is 54.7 Å². The van der Waals surface area contributed by atoms with Gasteiger partial charge in [-0.25, -0.2) is 9.07 Å². The second kappa shape index (κ2) is 8.69. The molecule has 7 nitrogen and oxygen atoms in total. The minimum Gasteiger partial charge on any atom is -0.368 e. The van der Waals surface area contributed by atoms with Crippen molar-refractivity contribution in [2.24, 2.45) is 5.73 Å². The standard InChI is InChI=1S/C23H24FN5O2/c1-15-17(13-26-29(15)20-10-5-3-8-18(20)24)23(31)27-19-9-4-2-7-16(19)14-28-12-6-11-21(28)22(25)30/h2-5,7-10,13,21H,6,11-12,14H2,1H3,(H2,25,30)(H,27,31). The van der Waals surface area contributed by atoms with Crippen LogP contribution in [0.1, 0.15) is 34.5 Å². The molecule has 2 amide bonds. The first kappa shape index (κ1) is 20.7. The summed E-state index contributed by atoms with van der Waals surface area (Å²) in [6.07, 6.45) is 3.10. The number of amides is 2. The summed E-state index contributed by atoms with van der Waals surface area (Å²) < 4.78 is 15.6. The molecular formula is C23H24FN5O2. The molecule has 3 aromatic rings. The van der Waals surface area contributed by atoms with Crippen LogP contribution in [0.3, 0.4) is 0 Å². The van der Waals surface area contributed by atoms with Crippen LogP contribution < -0.4 is 11.1 Å². The molecule has 1 aromatic heterocycles. The molecular weight excluding hydrogens is 397 g/mol. The summed E-state index contributed by atoms with van der Waals surface area (Å²) in [6, 6.07) is 13.5. The Morgan fingerprint density at radius 2 is 1.94 bits per heavy atom. The fourth-order valence-corrected chi connectivity index (χ4v) is 4.03. The summed E-state index contributed by atoms with van der Waals surface area (Å²) in [5, 5.41) is 7.14. The normalized spacial score (nSPS) is 16.4. The summed E-state index contributed by atoms with van der Waals surface area (Å²) in [5.74, 6) is -1.07. The number of para-hydroxylation sites is 2. The van der Waals surface area contributed by atoms with Crippen molar-refractivity contribution in [1.82, 2.24) is 14.7 Å². The van der Waals surface area contributed by atoms with Gasteiger partial charge in [0.1, 0.15) is 11.5 Å². The highest BCUT2D eigenvalue weighted by molar-refractivity contribution is 6.05. The molecule has 0 spiro atoms. The lowest BCUT2D eigenvalue weighted by Crippen LogP contribution is -2.39. The summed E-state index contributed by atoms with van der Waals surface area (Å²) in [7, 11) is 0. The van der Waals surface area contributed by atoms with E-state index in [4.69, 9.17) is 5.73 Å². The molecule has 160 valence electrons. The second-order valence-electron chi connectivity index (χ2n) is 7.65. The lowest BCUT2D eigenvalue weighted by Gasteiger charge is -2.23. The third-order valence-electron chi connectivity index (χ3n) is 5.67. The third kappa shape index (κ3) is 4.20. The molecule has 1 aliphatic heterocycles. The van der Waals surface area contributed by atoms with Crippen molar-refractivity contribution in [1.29, 1.82) is 0 Å². The second-order valence-corrected chi connectivity index (χ2v) is 7.65. The average molecular weight is 421 g/mol. The Labute approximate surface area is 179 Å². The number of nitrogens with two attached hydrogens (primary N) is 1. The number of carbonyl (C=O) groups excluding carboxylic acids is 2. The monoisotopic (exact) mass is 421 g/mol.